The van der Waals surface area contributed by atoms with E-state index in [1.807, 2.05) is 13.8 Å². The number of hydrogen-bond donors (Lipinski definition) is 0. The van der Waals surface area contributed by atoms with Gasteiger partial charge in [-0.05, 0) is 12.8 Å². The van der Waals surface area contributed by atoms with Crippen LogP contribution in [0.15, 0.2) is 0 Å². The van der Waals surface area contributed by atoms with Crippen LogP contribution >= 0.6 is 0 Å². The molecule has 1 heterocycles. The molecule has 0 aromatic heterocycles. The van der Waals surface area contributed by atoms with Crippen LogP contribution in [-0.4, -0.2) is 43.1 Å². The largest absolute Gasteiger partial charge is 0.467 e. The van der Waals surface area contributed by atoms with Gasteiger partial charge >= 0.3 is 5.97 Å². The van der Waals surface area contributed by atoms with Gasteiger partial charge in [0.05, 0.1) is 7.11 Å². The molecule has 1 aliphatic rings. The third-order valence-electron chi connectivity index (χ3n) is 2.31. The van der Waals surface area contributed by atoms with Crippen molar-refractivity contribution in [2.24, 2.45) is 0 Å². The molecule has 6 nitrogen and oxygen atoms in total. The van der Waals surface area contributed by atoms with Crippen LogP contribution in [0.25, 0.3) is 0 Å². The molecular formula is C11H18N2O4. The van der Waals surface area contributed by atoms with E-state index >= 15 is 0 Å². The Labute approximate surface area is 101 Å². The van der Waals surface area contributed by atoms with Crippen molar-refractivity contribution in [2.45, 2.75) is 32.7 Å². The maximum Gasteiger partial charge on any atom is 0.328 e. The number of likely N-dealkylation sites (tertiary alicyclic amines) is 1. The maximum absolute atomic E-state index is 11.5. The van der Waals surface area contributed by atoms with Crippen LogP contribution in [-0.2, 0) is 19.1 Å². The third-order valence-corrected chi connectivity index (χ3v) is 2.31. The first kappa shape index (κ1) is 15.2. The number of hydrogen-bond acceptors (Lipinski definition) is 5. The molecular weight excluding hydrogens is 224 g/mol. The summed E-state index contributed by atoms with van der Waals surface area (Å²) in [6, 6.07) is -0.523. The topological polar surface area (TPSA) is 79.6 Å². The van der Waals surface area contributed by atoms with E-state index in [0.717, 1.165) is 6.42 Å². The van der Waals surface area contributed by atoms with Gasteiger partial charge in [0.25, 0.3) is 12.2 Å². The highest BCUT2D eigenvalue weighted by molar-refractivity contribution is 5.85. The lowest BCUT2D eigenvalue weighted by Crippen LogP contribution is -2.42. The second-order valence-electron chi connectivity index (χ2n) is 3.15. The Kier molecular flexibility index (Phi) is 7.52. The van der Waals surface area contributed by atoms with E-state index in [-0.39, 0.29) is 12.5 Å². The van der Waals surface area contributed by atoms with Crippen molar-refractivity contribution in [3.8, 4) is 6.26 Å². The van der Waals surface area contributed by atoms with Gasteiger partial charge < -0.3 is 14.4 Å². The second kappa shape index (κ2) is 8.39. The van der Waals surface area contributed by atoms with Gasteiger partial charge in [0, 0.05) is 6.54 Å². The van der Waals surface area contributed by atoms with Gasteiger partial charge in [-0.1, -0.05) is 13.8 Å². The minimum atomic E-state index is -0.523. The van der Waals surface area contributed by atoms with Crippen LogP contribution in [0.5, 0.6) is 0 Å². The van der Waals surface area contributed by atoms with Crippen molar-refractivity contribution < 1.29 is 19.1 Å². The molecule has 1 unspecified atom stereocenters. The van der Waals surface area contributed by atoms with Gasteiger partial charge in [-0.25, -0.2) is 4.79 Å². The van der Waals surface area contributed by atoms with E-state index in [1.165, 1.54) is 18.3 Å². The molecule has 1 aliphatic heterocycles. The SMILES string of the molecule is CC.COC(=O)C1CCCN1C(=O)COC#N. The Balaban J connectivity index is 0.00000121. The van der Waals surface area contributed by atoms with E-state index in [2.05, 4.69) is 9.47 Å². The first-order valence-electron chi connectivity index (χ1n) is 5.59. The molecule has 1 rings (SSSR count). The fourth-order valence-electron chi connectivity index (χ4n) is 1.62. The molecule has 1 fully saturated rings. The average Bonchev–Trinajstić information content (AvgIpc) is 2.86. The molecule has 0 bridgehead atoms. The zero-order valence-corrected chi connectivity index (χ0v) is 10.4. The Morgan fingerprint density at radius 2 is 2.12 bits per heavy atom. The highest BCUT2D eigenvalue weighted by Crippen LogP contribution is 2.18. The van der Waals surface area contributed by atoms with Crippen LogP contribution in [0.2, 0.25) is 0 Å². The van der Waals surface area contributed by atoms with Gasteiger partial charge in [0.1, 0.15) is 6.04 Å². The normalized spacial score (nSPS) is 17.5. The number of carbonyl (C=O) groups is 2. The summed E-state index contributed by atoms with van der Waals surface area (Å²) < 4.78 is 8.91. The molecule has 0 aliphatic carbocycles. The molecule has 0 aromatic carbocycles. The lowest BCUT2D eigenvalue weighted by molar-refractivity contribution is -0.151. The summed E-state index contributed by atoms with van der Waals surface area (Å²) in [5.74, 6) is -0.776. The maximum atomic E-state index is 11.5. The van der Waals surface area contributed by atoms with Crippen molar-refractivity contribution in [1.82, 2.24) is 4.90 Å². The van der Waals surface area contributed by atoms with Crippen LogP contribution in [0, 0.1) is 11.5 Å². The zero-order valence-electron chi connectivity index (χ0n) is 10.4. The summed E-state index contributed by atoms with van der Waals surface area (Å²) in [6.07, 6.45) is 2.78. The summed E-state index contributed by atoms with van der Waals surface area (Å²) >= 11 is 0. The monoisotopic (exact) mass is 242 g/mol. The molecule has 1 amide bonds. The van der Waals surface area contributed by atoms with E-state index < -0.39 is 12.0 Å². The number of esters is 1. The number of nitrogens with zero attached hydrogens (tertiary/aromatic N) is 2. The Hall–Kier alpha value is -1.77. The van der Waals surface area contributed by atoms with Gasteiger partial charge in [0.2, 0.25) is 0 Å². The Morgan fingerprint density at radius 1 is 1.47 bits per heavy atom. The number of amides is 1. The Morgan fingerprint density at radius 3 is 2.65 bits per heavy atom. The number of carbonyl (C=O) groups excluding carboxylic acids is 2. The molecule has 1 atom stereocenters. The van der Waals surface area contributed by atoms with Crippen LogP contribution in [0.3, 0.4) is 0 Å². The second-order valence-corrected chi connectivity index (χ2v) is 3.15. The number of rotatable bonds is 3. The molecule has 0 N–H and O–H groups in total. The molecule has 0 aromatic rings. The van der Waals surface area contributed by atoms with Crippen molar-refractivity contribution in [3.05, 3.63) is 0 Å². The van der Waals surface area contributed by atoms with Crippen LogP contribution in [0.1, 0.15) is 26.7 Å². The molecule has 6 heteroatoms. The van der Waals surface area contributed by atoms with Crippen LogP contribution in [0.4, 0.5) is 0 Å². The lowest BCUT2D eigenvalue weighted by atomic mass is 10.2. The summed E-state index contributed by atoms with van der Waals surface area (Å²) in [5, 5.41) is 8.14. The first-order valence-corrected chi connectivity index (χ1v) is 5.59. The summed E-state index contributed by atoms with van der Waals surface area (Å²) in [4.78, 5) is 24.1. The van der Waals surface area contributed by atoms with E-state index in [4.69, 9.17) is 5.26 Å². The predicted molar refractivity (Wildman–Crippen MR) is 59.7 cm³/mol. The van der Waals surface area contributed by atoms with Crippen molar-refractivity contribution in [3.63, 3.8) is 0 Å². The van der Waals surface area contributed by atoms with Crippen molar-refractivity contribution in [2.75, 3.05) is 20.3 Å². The quantitative estimate of drug-likeness (QED) is 0.537. The van der Waals surface area contributed by atoms with E-state index in [9.17, 15) is 9.59 Å². The highest BCUT2D eigenvalue weighted by Gasteiger charge is 2.34. The Bertz CT molecular complexity index is 298. The number of nitriles is 1. The minimum Gasteiger partial charge on any atom is -0.467 e. The number of methoxy groups -OCH3 is 1. The fourth-order valence-corrected chi connectivity index (χ4v) is 1.62. The van der Waals surface area contributed by atoms with Crippen molar-refractivity contribution in [1.29, 1.82) is 5.26 Å². The molecule has 96 valence electrons. The zero-order chi connectivity index (χ0) is 13.3. The first-order chi connectivity index (χ1) is 8.20. The highest BCUT2D eigenvalue weighted by atomic mass is 16.5. The summed E-state index contributed by atoms with van der Waals surface area (Å²) in [5.41, 5.74) is 0. The molecule has 17 heavy (non-hydrogen) atoms. The van der Waals surface area contributed by atoms with Gasteiger partial charge in [-0.15, -0.1) is 0 Å². The standard InChI is InChI=1S/C9H12N2O4.C2H6/c1-14-9(13)7-3-2-4-11(7)8(12)5-15-6-10;1-2/h7H,2-5H2,1H3;1-2H3. The minimum absolute atomic E-state index is 0.315. The molecule has 0 saturated carbocycles. The molecule has 0 spiro atoms. The van der Waals surface area contributed by atoms with Gasteiger partial charge in [0.15, 0.2) is 6.61 Å². The predicted octanol–water partition coefficient (Wildman–Crippen LogP) is 0.674. The lowest BCUT2D eigenvalue weighted by Gasteiger charge is -2.21. The number of ether oxygens (including phenoxy) is 2. The van der Waals surface area contributed by atoms with Crippen molar-refractivity contribution >= 4 is 11.9 Å². The summed E-state index contributed by atoms with van der Waals surface area (Å²) in [6.45, 7) is 4.19. The average molecular weight is 242 g/mol. The summed E-state index contributed by atoms with van der Waals surface area (Å²) in [7, 11) is 1.29. The van der Waals surface area contributed by atoms with Gasteiger partial charge in [-0.3, -0.25) is 4.79 Å². The fraction of sp³-hybridized carbons (Fsp3) is 0.727. The van der Waals surface area contributed by atoms with E-state index in [0.29, 0.717) is 13.0 Å². The smallest absolute Gasteiger partial charge is 0.328 e. The molecule has 0 radical (unpaired) electrons. The van der Waals surface area contributed by atoms with E-state index in [1.54, 1.807) is 0 Å². The van der Waals surface area contributed by atoms with Gasteiger partial charge in [-0.2, -0.15) is 5.26 Å². The third kappa shape index (κ3) is 4.31. The van der Waals surface area contributed by atoms with Crippen LogP contribution < -0.4 is 0 Å². The molecule has 1 saturated heterocycles.